The predicted octanol–water partition coefficient (Wildman–Crippen LogP) is 6.98. The molecule has 0 saturated carbocycles. The zero-order valence-corrected chi connectivity index (χ0v) is 19.5. The number of carbonyl (C=O) groups excluding carboxylic acids is 1. The second-order valence-electron chi connectivity index (χ2n) is 8.18. The number of aliphatic carboxylic acids is 1. The zero-order valence-electron chi connectivity index (χ0n) is 19.5. The summed E-state index contributed by atoms with van der Waals surface area (Å²) in [4.78, 5) is 25.3. The Morgan fingerprint density at radius 1 is 0.759 bits per heavy atom. The van der Waals surface area contributed by atoms with Crippen molar-refractivity contribution in [1.29, 1.82) is 0 Å². The molecule has 1 amide bonds. The van der Waals surface area contributed by atoms with E-state index in [2.05, 4.69) is 19.1 Å². The number of carboxylic acid groups (broad SMARTS) is 1. The molecule has 0 aromatic rings. The number of unbranched alkanes of at least 4 members (excludes halogenated alkanes) is 11. The van der Waals surface area contributed by atoms with Gasteiger partial charge in [0.25, 0.3) is 0 Å². The number of hydrogen-bond donors (Lipinski definition) is 1. The van der Waals surface area contributed by atoms with Crippen molar-refractivity contribution < 1.29 is 14.7 Å². The number of hydrogen-bond acceptors (Lipinski definition) is 2. The molecular formula is C25H47NO3. The van der Waals surface area contributed by atoms with E-state index in [0.717, 1.165) is 25.7 Å². The van der Waals surface area contributed by atoms with Crippen LogP contribution in [-0.2, 0) is 9.59 Å². The molecule has 4 heteroatoms. The van der Waals surface area contributed by atoms with Gasteiger partial charge in [-0.25, -0.2) is 0 Å². The fourth-order valence-electron chi connectivity index (χ4n) is 3.69. The van der Waals surface area contributed by atoms with E-state index >= 15 is 0 Å². The van der Waals surface area contributed by atoms with Gasteiger partial charge in [-0.05, 0) is 46.0 Å². The van der Waals surface area contributed by atoms with Crippen molar-refractivity contribution in [3.8, 4) is 0 Å². The van der Waals surface area contributed by atoms with Gasteiger partial charge >= 0.3 is 5.97 Å². The molecule has 0 saturated heterocycles. The smallest absolute Gasteiger partial charge is 0.307 e. The van der Waals surface area contributed by atoms with Crippen LogP contribution >= 0.6 is 0 Å². The average molecular weight is 410 g/mol. The van der Waals surface area contributed by atoms with E-state index in [-0.39, 0.29) is 12.3 Å². The van der Waals surface area contributed by atoms with Crippen LogP contribution in [0, 0.1) is 5.92 Å². The lowest BCUT2D eigenvalue weighted by Crippen LogP contribution is -2.33. The Morgan fingerprint density at radius 2 is 1.24 bits per heavy atom. The molecule has 170 valence electrons. The standard InChI is InChI=1S/C25H47NO3/c1-4-7-8-9-10-11-12-13-14-15-16-17-18-19-20-21-23(25(28)29)22-24(27)26(5-2)6-3/h15-16,23H,4-14,17-22H2,1-3H3,(H,28,29)/b16-15+. The molecule has 0 spiro atoms. The number of carbonyl (C=O) groups is 2. The zero-order chi connectivity index (χ0) is 21.7. The minimum absolute atomic E-state index is 0.0358. The lowest BCUT2D eigenvalue weighted by Gasteiger charge is -2.21. The second-order valence-corrected chi connectivity index (χ2v) is 8.18. The van der Waals surface area contributed by atoms with Gasteiger partial charge in [-0.3, -0.25) is 9.59 Å². The third-order valence-electron chi connectivity index (χ3n) is 5.70. The van der Waals surface area contributed by atoms with Gasteiger partial charge in [-0.2, -0.15) is 0 Å². The van der Waals surface area contributed by atoms with Crippen LogP contribution in [-0.4, -0.2) is 35.0 Å². The summed E-state index contributed by atoms with van der Waals surface area (Å²) in [6.45, 7) is 7.41. The Hall–Kier alpha value is -1.32. The maximum absolute atomic E-state index is 12.1. The average Bonchev–Trinajstić information content (AvgIpc) is 2.70. The molecule has 0 fully saturated rings. The lowest BCUT2D eigenvalue weighted by molar-refractivity contribution is -0.146. The van der Waals surface area contributed by atoms with Crippen LogP contribution in [0.25, 0.3) is 0 Å². The molecule has 0 aliphatic carbocycles. The van der Waals surface area contributed by atoms with Crippen molar-refractivity contribution in [2.75, 3.05) is 13.1 Å². The van der Waals surface area contributed by atoms with Gasteiger partial charge in [0.1, 0.15) is 0 Å². The Bertz CT molecular complexity index is 430. The fraction of sp³-hybridized carbons (Fsp3) is 0.840. The lowest BCUT2D eigenvalue weighted by atomic mass is 9.96. The van der Waals surface area contributed by atoms with Crippen molar-refractivity contribution in [2.45, 2.75) is 117 Å². The van der Waals surface area contributed by atoms with Gasteiger partial charge in [-0.15, -0.1) is 0 Å². The van der Waals surface area contributed by atoms with E-state index in [1.165, 1.54) is 57.8 Å². The summed E-state index contributed by atoms with van der Waals surface area (Å²) in [5.41, 5.74) is 0. The van der Waals surface area contributed by atoms with Crippen LogP contribution in [0.2, 0.25) is 0 Å². The summed E-state index contributed by atoms with van der Waals surface area (Å²) in [6.07, 6.45) is 21.5. The van der Waals surface area contributed by atoms with E-state index in [9.17, 15) is 14.7 Å². The van der Waals surface area contributed by atoms with Crippen LogP contribution in [0.5, 0.6) is 0 Å². The number of rotatable bonds is 20. The fourth-order valence-corrected chi connectivity index (χ4v) is 3.69. The molecule has 4 nitrogen and oxygen atoms in total. The number of amides is 1. The maximum atomic E-state index is 12.1. The summed E-state index contributed by atoms with van der Waals surface area (Å²) in [6, 6.07) is 0. The molecule has 1 N–H and O–H groups in total. The number of allylic oxidation sites excluding steroid dienone is 2. The predicted molar refractivity (Wildman–Crippen MR) is 123 cm³/mol. The van der Waals surface area contributed by atoms with Gasteiger partial charge in [0.15, 0.2) is 0 Å². The topological polar surface area (TPSA) is 57.6 Å². The van der Waals surface area contributed by atoms with E-state index in [0.29, 0.717) is 19.5 Å². The van der Waals surface area contributed by atoms with Crippen molar-refractivity contribution >= 4 is 11.9 Å². The first-order valence-corrected chi connectivity index (χ1v) is 12.2. The Labute approximate surface area is 180 Å². The van der Waals surface area contributed by atoms with Gasteiger partial charge in [0, 0.05) is 19.5 Å². The van der Waals surface area contributed by atoms with Gasteiger partial charge in [0.2, 0.25) is 5.91 Å². The molecule has 0 radical (unpaired) electrons. The Morgan fingerprint density at radius 3 is 1.72 bits per heavy atom. The van der Waals surface area contributed by atoms with Crippen LogP contribution in [0.3, 0.4) is 0 Å². The molecule has 1 unspecified atom stereocenters. The van der Waals surface area contributed by atoms with Crippen molar-refractivity contribution in [1.82, 2.24) is 4.90 Å². The van der Waals surface area contributed by atoms with Gasteiger partial charge in [0.05, 0.1) is 5.92 Å². The van der Waals surface area contributed by atoms with E-state index in [4.69, 9.17) is 0 Å². The first-order valence-electron chi connectivity index (χ1n) is 12.2. The summed E-state index contributed by atoms with van der Waals surface area (Å²) in [5.74, 6) is -1.41. The SMILES string of the molecule is CCCCCCCCCC/C=C/CCCCCC(CC(=O)N(CC)CC)C(=O)O. The van der Waals surface area contributed by atoms with Crippen molar-refractivity contribution in [2.24, 2.45) is 5.92 Å². The molecule has 0 aliphatic rings. The third kappa shape index (κ3) is 16.2. The van der Waals surface area contributed by atoms with Crippen LogP contribution in [0.15, 0.2) is 12.2 Å². The highest BCUT2D eigenvalue weighted by Gasteiger charge is 2.22. The molecular weight excluding hydrogens is 362 g/mol. The minimum atomic E-state index is -0.837. The summed E-state index contributed by atoms with van der Waals surface area (Å²) >= 11 is 0. The third-order valence-corrected chi connectivity index (χ3v) is 5.70. The van der Waals surface area contributed by atoms with Gasteiger partial charge in [-0.1, -0.05) is 76.9 Å². The van der Waals surface area contributed by atoms with Crippen LogP contribution in [0.4, 0.5) is 0 Å². The van der Waals surface area contributed by atoms with E-state index in [1.54, 1.807) is 4.90 Å². The molecule has 1 atom stereocenters. The number of nitrogens with zero attached hydrogens (tertiary/aromatic N) is 1. The highest BCUT2D eigenvalue weighted by atomic mass is 16.4. The molecule has 0 bridgehead atoms. The number of carboxylic acids is 1. The normalized spacial score (nSPS) is 12.4. The molecule has 0 heterocycles. The molecule has 0 aromatic heterocycles. The van der Waals surface area contributed by atoms with Crippen LogP contribution < -0.4 is 0 Å². The largest absolute Gasteiger partial charge is 0.481 e. The monoisotopic (exact) mass is 409 g/mol. The van der Waals surface area contributed by atoms with Crippen molar-refractivity contribution in [3.05, 3.63) is 12.2 Å². The van der Waals surface area contributed by atoms with Crippen molar-refractivity contribution in [3.63, 3.8) is 0 Å². The first kappa shape index (κ1) is 27.7. The molecule has 0 aromatic carbocycles. The highest BCUT2D eigenvalue weighted by Crippen LogP contribution is 2.17. The van der Waals surface area contributed by atoms with Crippen LogP contribution in [0.1, 0.15) is 117 Å². The minimum Gasteiger partial charge on any atom is -0.481 e. The Balaban J connectivity index is 3.68. The summed E-state index contributed by atoms with van der Waals surface area (Å²) in [5, 5.41) is 9.38. The summed E-state index contributed by atoms with van der Waals surface area (Å²) in [7, 11) is 0. The maximum Gasteiger partial charge on any atom is 0.307 e. The second kappa shape index (κ2) is 20.0. The summed E-state index contributed by atoms with van der Waals surface area (Å²) < 4.78 is 0. The van der Waals surface area contributed by atoms with E-state index < -0.39 is 11.9 Å². The molecule has 0 rings (SSSR count). The highest BCUT2D eigenvalue weighted by molar-refractivity contribution is 5.82. The molecule has 0 aliphatic heterocycles. The quantitative estimate of drug-likeness (QED) is 0.174. The molecule has 29 heavy (non-hydrogen) atoms. The first-order chi connectivity index (χ1) is 14.1. The van der Waals surface area contributed by atoms with Gasteiger partial charge < -0.3 is 10.0 Å². The Kier molecular flexibility index (Phi) is 19.1. The van der Waals surface area contributed by atoms with E-state index in [1.807, 2.05) is 13.8 Å².